The van der Waals surface area contributed by atoms with Crippen molar-refractivity contribution < 1.29 is 22.5 Å². The fourth-order valence-corrected chi connectivity index (χ4v) is 5.48. The molecule has 1 aliphatic rings. The number of rotatable bonds is 4. The minimum absolute atomic E-state index is 0.0792. The molecule has 1 amide bonds. The van der Waals surface area contributed by atoms with Gasteiger partial charge in [0, 0.05) is 26.2 Å². The molecule has 1 aliphatic heterocycles. The molecule has 140 valence electrons. The quantitative estimate of drug-likeness (QED) is 0.728. The van der Waals surface area contributed by atoms with Gasteiger partial charge in [0.05, 0.1) is 9.75 Å². The zero-order chi connectivity index (χ0) is 19.1. The first-order valence-electron chi connectivity index (χ1n) is 8.05. The third-order valence-corrected chi connectivity index (χ3v) is 7.57. The number of hydrogen-bond donors (Lipinski definition) is 0. The summed E-state index contributed by atoms with van der Waals surface area (Å²) in [5, 5.41) is 3.71. The lowest BCUT2D eigenvalue weighted by atomic mass is 10.3. The molecular formula is C16H19N3O5S2. The standard InChI is InChI=1S/C16H19N3O5S2/c1-10-15(12(3)24-17-10)26(22,23)19-8-6-18(7-9-19)16(21)14-5-4-13(25-14)11(2)20/h4-5H,6-9H2,1-3H3. The number of carbonyl (C=O) groups is 2. The van der Waals surface area contributed by atoms with E-state index in [-0.39, 0.29) is 48.5 Å². The summed E-state index contributed by atoms with van der Waals surface area (Å²) < 4.78 is 31.9. The zero-order valence-electron chi connectivity index (χ0n) is 14.7. The zero-order valence-corrected chi connectivity index (χ0v) is 16.3. The summed E-state index contributed by atoms with van der Waals surface area (Å²) in [6.07, 6.45) is 0. The Hall–Kier alpha value is -2.04. The Bertz CT molecular complexity index is 933. The minimum Gasteiger partial charge on any atom is -0.360 e. The van der Waals surface area contributed by atoms with E-state index in [1.807, 2.05) is 0 Å². The van der Waals surface area contributed by atoms with Gasteiger partial charge in [0.25, 0.3) is 5.91 Å². The second-order valence-electron chi connectivity index (χ2n) is 6.07. The minimum atomic E-state index is -3.70. The molecule has 0 N–H and O–H groups in total. The van der Waals surface area contributed by atoms with E-state index in [1.54, 1.807) is 30.9 Å². The van der Waals surface area contributed by atoms with Crippen molar-refractivity contribution in [1.29, 1.82) is 0 Å². The van der Waals surface area contributed by atoms with Crippen LogP contribution < -0.4 is 0 Å². The monoisotopic (exact) mass is 397 g/mol. The Morgan fingerprint density at radius 1 is 1.12 bits per heavy atom. The summed E-state index contributed by atoms with van der Waals surface area (Å²) in [7, 11) is -3.70. The Morgan fingerprint density at radius 2 is 1.73 bits per heavy atom. The van der Waals surface area contributed by atoms with Crippen LogP contribution in [0.25, 0.3) is 0 Å². The number of piperazine rings is 1. The summed E-state index contributed by atoms with van der Waals surface area (Å²) in [5.41, 5.74) is 0.330. The summed E-state index contributed by atoms with van der Waals surface area (Å²) in [6, 6.07) is 3.27. The van der Waals surface area contributed by atoms with Crippen LogP contribution in [0.2, 0.25) is 0 Å². The predicted molar refractivity (Wildman–Crippen MR) is 95.0 cm³/mol. The van der Waals surface area contributed by atoms with Crippen LogP contribution >= 0.6 is 11.3 Å². The molecule has 2 aromatic heterocycles. The molecule has 10 heteroatoms. The Kier molecular flexibility index (Phi) is 5.00. The normalized spacial score (nSPS) is 16.0. The SMILES string of the molecule is CC(=O)c1ccc(C(=O)N2CCN(S(=O)(=O)c3c(C)noc3C)CC2)s1. The molecule has 0 aliphatic carbocycles. The van der Waals surface area contributed by atoms with Crippen molar-refractivity contribution in [2.24, 2.45) is 0 Å². The van der Waals surface area contributed by atoms with Crippen molar-refractivity contribution >= 4 is 33.1 Å². The van der Waals surface area contributed by atoms with Gasteiger partial charge in [0.2, 0.25) is 10.0 Å². The molecule has 1 saturated heterocycles. The van der Waals surface area contributed by atoms with Crippen molar-refractivity contribution in [2.45, 2.75) is 25.7 Å². The summed E-state index contributed by atoms with van der Waals surface area (Å²) in [5.74, 6) is -0.00216. The van der Waals surface area contributed by atoms with Gasteiger partial charge in [-0.25, -0.2) is 8.42 Å². The number of amides is 1. The van der Waals surface area contributed by atoms with E-state index in [2.05, 4.69) is 5.16 Å². The number of aromatic nitrogens is 1. The molecule has 0 unspecified atom stereocenters. The van der Waals surface area contributed by atoms with E-state index >= 15 is 0 Å². The molecule has 0 bridgehead atoms. The van der Waals surface area contributed by atoms with Gasteiger partial charge < -0.3 is 9.42 Å². The van der Waals surface area contributed by atoms with E-state index in [1.165, 1.54) is 11.2 Å². The molecular weight excluding hydrogens is 378 g/mol. The maximum Gasteiger partial charge on any atom is 0.264 e. The van der Waals surface area contributed by atoms with Crippen LogP contribution in [0.5, 0.6) is 0 Å². The molecule has 3 heterocycles. The van der Waals surface area contributed by atoms with Crippen LogP contribution in [-0.2, 0) is 10.0 Å². The molecule has 2 aromatic rings. The van der Waals surface area contributed by atoms with Crippen molar-refractivity contribution in [2.75, 3.05) is 26.2 Å². The van der Waals surface area contributed by atoms with Gasteiger partial charge >= 0.3 is 0 Å². The molecule has 0 atom stereocenters. The lowest BCUT2D eigenvalue weighted by Gasteiger charge is -2.33. The molecule has 0 aromatic carbocycles. The number of ketones is 1. The van der Waals surface area contributed by atoms with Gasteiger partial charge in [-0.05, 0) is 32.9 Å². The average molecular weight is 397 g/mol. The highest BCUT2D eigenvalue weighted by molar-refractivity contribution is 7.89. The summed E-state index contributed by atoms with van der Waals surface area (Å²) in [4.78, 5) is 26.7. The first kappa shape index (κ1) is 18.7. The van der Waals surface area contributed by atoms with Gasteiger partial charge in [-0.3, -0.25) is 9.59 Å². The van der Waals surface area contributed by atoms with Gasteiger partial charge in [0.15, 0.2) is 11.5 Å². The molecule has 0 spiro atoms. The number of hydrogen-bond acceptors (Lipinski definition) is 7. The molecule has 26 heavy (non-hydrogen) atoms. The Morgan fingerprint density at radius 3 is 2.23 bits per heavy atom. The van der Waals surface area contributed by atoms with Crippen molar-refractivity contribution in [3.8, 4) is 0 Å². The molecule has 1 fully saturated rings. The number of carbonyl (C=O) groups excluding carboxylic acids is 2. The second kappa shape index (κ2) is 6.93. The third kappa shape index (κ3) is 3.31. The maximum atomic E-state index is 12.8. The fourth-order valence-electron chi connectivity index (χ4n) is 2.90. The number of nitrogens with zero attached hydrogens (tertiary/aromatic N) is 3. The van der Waals surface area contributed by atoms with Crippen molar-refractivity contribution in [1.82, 2.24) is 14.4 Å². The van der Waals surface area contributed by atoms with Crippen LogP contribution in [0.1, 0.15) is 37.7 Å². The molecule has 3 rings (SSSR count). The number of sulfonamides is 1. The van der Waals surface area contributed by atoms with E-state index in [0.29, 0.717) is 15.4 Å². The van der Waals surface area contributed by atoms with E-state index in [9.17, 15) is 18.0 Å². The van der Waals surface area contributed by atoms with Gasteiger partial charge in [-0.1, -0.05) is 5.16 Å². The van der Waals surface area contributed by atoms with Gasteiger partial charge in [-0.15, -0.1) is 11.3 Å². The van der Waals surface area contributed by atoms with Crippen LogP contribution in [0.4, 0.5) is 0 Å². The van der Waals surface area contributed by atoms with Crippen molar-refractivity contribution in [3.63, 3.8) is 0 Å². The topological polar surface area (TPSA) is 101 Å². The van der Waals surface area contributed by atoms with E-state index < -0.39 is 10.0 Å². The number of thiophene rings is 1. The third-order valence-electron chi connectivity index (χ3n) is 4.26. The first-order valence-corrected chi connectivity index (χ1v) is 10.3. The average Bonchev–Trinajstić information content (AvgIpc) is 3.21. The molecule has 0 saturated carbocycles. The molecule has 0 radical (unpaired) electrons. The van der Waals surface area contributed by atoms with Gasteiger partial charge in [0.1, 0.15) is 10.6 Å². The highest BCUT2D eigenvalue weighted by Gasteiger charge is 2.34. The largest absolute Gasteiger partial charge is 0.360 e. The highest BCUT2D eigenvalue weighted by atomic mass is 32.2. The number of Topliss-reactive ketones (excluding diaryl/α,β-unsaturated/α-hetero) is 1. The van der Waals surface area contributed by atoms with Gasteiger partial charge in [-0.2, -0.15) is 4.31 Å². The lowest BCUT2D eigenvalue weighted by Crippen LogP contribution is -2.50. The van der Waals surface area contributed by atoms with Crippen LogP contribution in [0.3, 0.4) is 0 Å². The Balaban J connectivity index is 1.71. The van der Waals surface area contributed by atoms with Crippen LogP contribution in [0.15, 0.2) is 21.6 Å². The predicted octanol–water partition coefficient (Wildman–Crippen LogP) is 1.70. The van der Waals surface area contributed by atoms with E-state index in [4.69, 9.17) is 4.52 Å². The maximum absolute atomic E-state index is 12.8. The second-order valence-corrected chi connectivity index (χ2v) is 9.03. The van der Waals surface area contributed by atoms with Crippen molar-refractivity contribution in [3.05, 3.63) is 33.3 Å². The highest BCUT2D eigenvalue weighted by Crippen LogP contribution is 2.25. The Labute approximate surface area is 155 Å². The first-order chi connectivity index (χ1) is 12.2. The fraction of sp³-hybridized carbons (Fsp3) is 0.438. The number of aryl methyl sites for hydroxylation is 2. The summed E-state index contributed by atoms with van der Waals surface area (Å²) >= 11 is 1.16. The van der Waals surface area contributed by atoms with E-state index in [0.717, 1.165) is 11.3 Å². The van der Waals surface area contributed by atoms with Crippen LogP contribution in [0, 0.1) is 13.8 Å². The summed E-state index contributed by atoms with van der Waals surface area (Å²) in [6.45, 7) is 5.58. The van der Waals surface area contributed by atoms with Crippen LogP contribution in [-0.4, -0.2) is 60.6 Å². The molecule has 8 nitrogen and oxygen atoms in total. The lowest BCUT2D eigenvalue weighted by molar-refractivity contribution is 0.0702. The smallest absolute Gasteiger partial charge is 0.264 e.